The highest BCUT2D eigenvalue weighted by atomic mass is 16.3. The quantitative estimate of drug-likeness (QED) is 0.663. The van der Waals surface area contributed by atoms with Gasteiger partial charge in [0.25, 0.3) is 0 Å². The maximum Gasteiger partial charge on any atom is 0.0524 e. The first kappa shape index (κ1) is 10.2. The van der Waals surface area contributed by atoms with E-state index >= 15 is 0 Å². The molecule has 0 aliphatic heterocycles. The predicted molar refractivity (Wildman–Crippen MR) is 52.2 cm³/mol. The Morgan fingerprint density at radius 1 is 1.46 bits per heavy atom. The van der Waals surface area contributed by atoms with E-state index < -0.39 is 0 Å². The van der Waals surface area contributed by atoms with Crippen molar-refractivity contribution in [2.24, 2.45) is 0 Å². The third-order valence-electron chi connectivity index (χ3n) is 1.82. The van der Waals surface area contributed by atoms with Crippen LogP contribution in [0.3, 0.4) is 0 Å². The molecule has 1 aromatic rings. The second kappa shape index (κ2) is 5.67. The predicted octanol–water partition coefficient (Wildman–Crippen LogP) is 0.942. The van der Waals surface area contributed by atoms with Crippen LogP contribution in [-0.2, 0) is 6.54 Å². The van der Waals surface area contributed by atoms with Gasteiger partial charge in [-0.1, -0.05) is 0 Å². The summed E-state index contributed by atoms with van der Waals surface area (Å²) < 4.78 is 0. The number of hydrogen-bond donors (Lipinski definition) is 2. The lowest BCUT2D eigenvalue weighted by atomic mass is 10.2. The monoisotopic (exact) mass is 180 g/mol. The van der Waals surface area contributed by atoms with E-state index in [2.05, 4.69) is 10.3 Å². The van der Waals surface area contributed by atoms with Crippen molar-refractivity contribution >= 4 is 0 Å². The number of nitrogens with one attached hydrogen (secondary N) is 1. The Morgan fingerprint density at radius 2 is 2.15 bits per heavy atom. The number of hydrogen-bond acceptors (Lipinski definition) is 3. The first-order valence-corrected chi connectivity index (χ1v) is 4.56. The summed E-state index contributed by atoms with van der Waals surface area (Å²) in [4.78, 5) is 3.93. The van der Waals surface area contributed by atoms with Crippen LogP contribution in [0, 0.1) is 0 Å². The minimum atomic E-state index is -0.218. The Kier molecular flexibility index (Phi) is 4.43. The highest BCUT2D eigenvalue weighted by molar-refractivity contribution is 5.08. The summed E-state index contributed by atoms with van der Waals surface area (Å²) in [6, 6.07) is 3.96. The largest absolute Gasteiger partial charge is 0.393 e. The fourth-order valence-electron chi connectivity index (χ4n) is 1.04. The lowest BCUT2D eigenvalue weighted by molar-refractivity contribution is 0.183. The fraction of sp³-hybridized carbons (Fsp3) is 0.500. The fourth-order valence-corrected chi connectivity index (χ4v) is 1.04. The second-order valence-electron chi connectivity index (χ2n) is 3.17. The molecule has 0 amide bonds. The van der Waals surface area contributed by atoms with Crippen molar-refractivity contribution in [1.82, 2.24) is 10.3 Å². The summed E-state index contributed by atoms with van der Waals surface area (Å²) in [7, 11) is 0. The van der Waals surface area contributed by atoms with Crippen molar-refractivity contribution in [3.05, 3.63) is 30.1 Å². The van der Waals surface area contributed by atoms with E-state index in [1.165, 1.54) is 5.56 Å². The third kappa shape index (κ3) is 4.60. The molecule has 2 N–H and O–H groups in total. The van der Waals surface area contributed by atoms with E-state index in [1.807, 2.05) is 12.1 Å². The molecule has 0 aromatic carbocycles. The molecule has 72 valence electrons. The topological polar surface area (TPSA) is 45.1 Å². The van der Waals surface area contributed by atoms with E-state index in [1.54, 1.807) is 19.3 Å². The molecule has 1 heterocycles. The summed E-state index contributed by atoms with van der Waals surface area (Å²) in [6.07, 6.45) is 4.15. The van der Waals surface area contributed by atoms with Gasteiger partial charge in [-0.3, -0.25) is 4.98 Å². The van der Waals surface area contributed by atoms with Crippen molar-refractivity contribution in [2.45, 2.75) is 26.0 Å². The van der Waals surface area contributed by atoms with E-state index in [-0.39, 0.29) is 6.10 Å². The van der Waals surface area contributed by atoms with Gasteiger partial charge in [0.15, 0.2) is 0 Å². The summed E-state index contributed by atoms with van der Waals surface area (Å²) in [5, 5.41) is 12.2. The zero-order valence-electron chi connectivity index (χ0n) is 7.90. The van der Waals surface area contributed by atoms with Gasteiger partial charge in [-0.15, -0.1) is 0 Å². The van der Waals surface area contributed by atoms with Gasteiger partial charge in [-0.05, 0) is 37.6 Å². The van der Waals surface area contributed by atoms with Crippen molar-refractivity contribution in [3.63, 3.8) is 0 Å². The number of nitrogens with zero attached hydrogens (tertiary/aromatic N) is 1. The summed E-state index contributed by atoms with van der Waals surface area (Å²) in [6.45, 7) is 3.49. The molecule has 0 bridgehead atoms. The molecule has 0 aliphatic carbocycles. The molecule has 0 radical (unpaired) electrons. The van der Waals surface area contributed by atoms with Gasteiger partial charge in [0, 0.05) is 18.9 Å². The van der Waals surface area contributed by atoms with Gasteiger partial charge in [0.2, 0.25) is 0 Å². The Bertz CT molecular complexity index is 224. The molecule has 1 aromatic heterocycles. The molecule has 0 fully saturated rings. The highest BCUT2D eigenvalue weighted by Crippen LogP contribution is 1.95. The van der Waals surface area contributed by atoms with Crippen LogP contribution in [0.1, 0.15) is 18.9 Å². The van der Waals surface area contributed by atoms with Crippen LogP contribution in [0.5, 0.6) is 0 Å². The molecule has 1 unspecified atom stereocenters. The van der Waals surface area contributed by atoms with E-state index in [0.29, 0.717) is 0 Å². The van der Waals surface area contributed by atoms with Gasteiger partial charge in [-0.2, -0.15) is 0 Å². The van der Waals surface area contributed by atoms with Crippen molar-refractivity contribution in [2.75, 3.05) is 6.54 Å². The van der Waals surface area contributed by atoms with E-state index in [4.69, 9.17) is 5.11 Å². The van der Waals surface area contributed by atoms with E-state index in [9.17, 15) is 0 Å². The Balaban J connectivity index is 2.13. The summed E-state index contributed by atoms with van der Waals surface area (Å²) >= 11 is 0. The Labute approximate surface area is 78.8 Å². The van der Waals surface area contributed by atoms with Crippen molar-refractivity contribution < 1.29 is 5.11 Å². The lowest BCUT2D eigenvalue weighted by Crippen LogP contribution is -2.18. The van der Waals surface area contributed by atoms with Crippen LogP contribution >= 0.6 is 0 Å². The normalized spacial score (nSPS) is 12.8. The maximum atomic E-state index is 9.00. The molecular weight excluding hydrogens is 164 g/mol. The maximum absolute atomic E-state index is 9.00. The molecule has 0 aliphatic rings. The van der Waals surface area contributed by atoms with Gasteiger partial charge >= 0.3 is 0 Å². The second-order valence-corrected chi connectivity index (χ2v) is 3.17. The van der Waals surface area contributed by atoms with Gasteiger partial charge < -0.3 is 10.4 Å². The number of rotatable bonds is 5. The van der Waals surface area contributed by atoms with Gasteiger partial charge in [0.1, 0.15) is 0 Å². The van der Waals surface area contributed by atoms with Crippen LogP contribution in [0.25, 0.3) is 0 Å². The number of pyridine rings is 1. The standard InChI is InChI=1S/C10H16N2O/c1-9(13)2-5-12-8-10-3-6-11-7-4-10/h3-4,6-7,9,12-13H,2,5,8H2,1H3. The van der Waals surface area contributed by atoms with Crippen molar-refractivity contribution in [3.8, 4) is 0 Å². The molecule has 1 rings (SSSR count). The smallest absolute Gasteiger partial charge is 0.0524 e. The number of aliphatic hydroxyl groups is 1. The molecule has 0 saturated carbocycles. The minimum absolute atomic E-state index is 0.218. The van der Waals surface area contributed by atoms with Crippen LogP contribution < -0.4 is 5.32 Å². The summed E-state index contributed by atoms with van der Waals surface area (Å²) in [5.74, 6) is 0. The van der Waals surface area contributed by atoms with Crippen molar-refractivity contribution in [1.29, 1.82) is 0 Å². The lowest BCUT2D eigenvalue weighted by Gasteiger charge is -2.05. The molecular formula is C10H16N2O. The first-order chi connectivity index (χ1) is 6.29. The van der Waals surface area contributed by atoms with Gasteiger partial charge in [-0.25, -0.2) is 0 Å². The molecule has 1 atom stereocenters. The Hall–Kier alpha value is -0.930. The van der Waals surface area contributed by atoms with Crippen LogP contribution in [0.2, 0.25) is 0 Å². The number of aliphatic hydroxyl groups excluding tert-OH is 1. The highest BCUT2D eigenvalue weighted by Gasteiger charge is 1.94. The zero-order chi connectivity index (χ0) is 9.52. The van der Waals surface area contributed by atoms with Crippen LogP contribution in [0.15, 0.2) is 24.5 Å². The molecule has 13 heavy (non-hydrogen) atoms. The van der Waals surface area contributed by atoms with E-state index in [0.717, 1.165) is 19.5 Å². The minimum Gasteiger partial charge on any atom is -0.393 e. The average Bonchev–Trinajstić information content (AvgIpc) is 2.14. The molecule has 0 spiro atoms. The zero-order valence-corrected chi connectivity index (χ0v) is 7.90. The first-order valence-electron chi connectivity index (χ1n) is 4.56. The number of aromatic nitrogens is 1. The molecule has 0 saturated heterocycles. The van der Waals surface area contributed by atoms with Gasteiger partial charge in [0.05, 0.1) is 6.10 Å². The third-order valence-corrected chi connectivity index (χ3v) is 1.82. The van der Waals surface area contributed by atoms with Crippen LogP contribution in [-0.4, -0.2) is 22.7 Å². The molecule has 3 heteroatoms. The molecule has 3 nitrogen and oxygen atoms in total. The average molecular weight is 180 g/mol. The SMILES string of the molecule is CC(O)CCNCc1ccncc1. The summed E-state index contributed by atoms with van der Waals surface area (Å²) in [5.41, 5.74) is 1.22. The van der Waals surface area contributed by atoms with Crippen LogP contribution in [0.4, 0.5) is 0 Å². The Morgan fingerprint density at radius 3 is 2.77 bits per heavy atom.